The molecule has 0 aliphatic carbocycles. The number of carbonyl (C=O) groups is 1. The molecule has 0 fully saturated rings. The third-order valence-corrected chi connectivity index (χ3v) is 4.26. The van der Waals surface area contributed by atoms with Crippen LogP contribution in [0.5, 0.6) is 0 Å². The minimum absolute atomic E-state index is 0.152. The van der Waals surface area contributed by atoms with Crippen LogP contribution in [0.1, 0.15) is 6.42 Å². The van der Waals surface area contributed by atoms with E-state index in [9.17, 15) is 9.59 Å². The second-order valence-corrected chi connectivity index (χ2v) is 6.55. The lowest BCUT2D eigenvalue weighted by atomic mass is 10.2. The maximum Gasteiger partial charge on any atom is 0.261 e. The fourth-order valence-electron chi connectivity index (χ4n) is 2.70. The highest BCUT2D eigenvalue weighted by Gasteiger charge is 2.11. The van der Waals surface area contributed by atoms with Crippen molar-refractivity contribution in [2.75, 3.05) is 24.3 Å². The Labute approximate surface area is 156 Å². The topological polar surface area (TPSA) is 67.2 Å². The lowest BCUT2D eigenvalue weighted by molar-refractivity contribution is -0.116. The summed E-state index contributed by atoms with van der Waals surface area (Å²) in [6.07, 6.45) is 1.63. The monoisotopic (exact) mass is 370 g/mol. The van der Waals surface area contributed by atoms with E-state index in [0.29, 0.717) is 21.6 Å². The van der Waals surface area contributed by atoms with E-state index >= 15 is 0 Å². The average molecular weight is 371 g/mol. The zero-order valence-corrected chi connectivity index (χ0v) is 15.3. The molecule has 0 unspecified atom stereocenters. The van der Waals surface area contributed by atoms with Gasteiger partial charge in [0.05, 0.1) is 28.6 Å². The Kier molecular flexibility index (Phi) is 5.23. The SMILES string of the molecule is CN(C)c1ccc(Cl)cc1NC(=O)CCn1cnc2ccccc2c1=O. The molecule has 3 rings (SSSR count). The number of anilines is 2. The number of halogens is 1. The molecule has 0 bridgehead atoms. The van der Waals surface area contributed by atoms with Crippen LogP contribution >= 0.6 is 11.6 Å². The first-order chi connectivity index (χ1) is 12.5. The summed E-state index contributed by atoms with van der Waals surface area (Å²) in [6.45, 7) is 0.250. The van der Waals surface area contributed by atoms with Crippen LogP contribution in [0, 0.1) is 0 Å². The Balaban J connectivity index is 1.73. The number of carbonyl (C=O) groups excluding carboxylic acids is 1. The second kappa shape index (κ2) is 7.58. The van der Waals surface area contributed by atoms with Crippen LogP contribution < -0.4 is 15.8 Å². The van der Waals surface area contributed by atoms with Crippen molar-refractivity contribution >= 4 is 39.8 Å². The number of aromatic nitrogens is 2. The average Bonchev–Trinajstić information content (AvgIpc) is 2.61. The first-order valence-corrected chi connectivity index (χ1v) is 8.54. The van der Waals surface area contributed by atoms with Gasteiger partial charge in [-0.05, 0) is 30.3 Å². The second-order valence-electron chi connectivity index (χ2n) is 6.11. The number of benzene rings is 2. The Morgan fingerprint density at radius 2 is 2.00 bits per heavy atom. The van der Waals surface area contributed by atoms with E-state index in [-0.39, 0.29) is 24.4 Å². The molecule has 6 nitrogen and oxygen atoms in total. The van der Waals surface area contributed by atoms with Crippen molar-refractivity contribution in [3.63, 3.8) is 0 Å². The molecule has 1 N–H and O–H groups in total. The molecular weight excluding hydrogens is 352 g/mol. The third kappa shape index (κ3) is 3.86. The van der Waals surface area contributed by atoms with E-state index in [2.05, 4.69) is 10.3 Å². The Morgan fingerprint density at radius 3 is 2.77 bits per heavy atom. The quantitative estimate of drug-likeness (QED) is 0.749. The molecule has 0 aliphatic heterocycles. The summed E-state index contributed by atoms with van der Waals surface area (Å²) < 4.78 is 1.45. The fourth-order valence-corrected chi connectivity index (χ4v) is 2.87. The molecule has 0 saturated heterocycles. The molecule has 1 heterocycles. The number of aryl methyl sites for hydroxylation is 1. The van der Waals surface area contributed by atoms with Gasteiger partial charge < -0.3 is 10.2 Å². The van der Waals surface area contributed by atoms with Crippen LogP contribution in [0.4, 0.5) is 11.4 Å². The van der Waals surface area contributed by atoms with Gasteiger partial charge in [0.25, 0.3) is 5.56 Å². The van der Waals surface area contributed by atoms with Gasteiger partial charge in [-0.1, -0.05) is 23.7 Å². The lowest BCUT2D eigenvalue weighted by Gasteiger charge is -2.18. The summed E-state index contributed by atoms with van der Waals surface area (Å²) in [5.74, 6) is -0.199. The maximum absolute atomic E-state index is 12.5. The van der Waals surface area contributed by atoms with Crippen molar-refractivity contribution in [3.8, 4) is 0 Å². The van der Waals surface area contributed by atoms with Gasteiger partial charge in [-0.15, -0.1) is 0 Å². The van der Waals surface area contributed by atoms with Crippen molar-refractivity contribution < 1.29 is 4.79 Å². The van der Waals surface area contributed by atoms with Gasteiger partial charge in [0.15, 0.2) is 0 Å². The highest BCUT2D eigenvalue weighted by molar-refractivity contribution is 6.31. The predicted molar refractivity (Wildman–Crippen MR) is 105 cm³/mol. The molecule has 7 heteroatoms. The van der Waals surface area contributed by atoms with Crippen molar-refractivity contribution in [1.29, 1.82) is 0 Å². The van der Waals surface area contributed by atoms with Gasteiger partial charge in [-0.2, -0.15) is 0 Å². The minimum atomic E-state index is -0.199. The van der Waals surface area contributed by atoms with E-state index in [1.165, 1.54) is 10.9 Å². The summed E-state index contributed by atoms with van der Waals surface area (Å²) >= 11 is 6.03. The van der Waals surface area contributed by atoms with E-state index in [1.807, 2.05) is 31.1 Å². The standard InChI is InChI=1S/C19H19ClN4O2/c1-23(2)17-8-7-13(20)11-16(17)22-18(25)9-10-24-12-21-15-6-4-3-5-14(15)19(24)26/h3-8,11-12H,9-10H2,1-2H3,(H,22,25). The van der Waals surface area contributed by atoms with E-state index in [0.717, 1.165) is 5.69 Å². The molecule has 1 amide bonds. The highest BCUT2D eigenvalue weighted by Crippen LogP contribution is 2.27. The molecule has 0 atom stereocenters. The molecule has 1 aromatic heterocycles. The van der Waals surface area contributed by atoms with Crippen LogP contribution in [-0.2, 0) is 11.3 Å². The van der Waals surface area contributed by atoms with Crippen LogP contribution in [0.2, 0.25) is 5.02 Å². The Bertz CT molecular complexity index is 1010. The zero-order chi connectivity index (χ0) is 18.7. The summed E-state index contributed by atoms with van der Waals surface area (Å²) in [7, 11) is 3.78. The summed E-state index contributed by atoms with van der Waals surface area (Å²) in [5.41, 5.74) is 1.98. The number of hydrogen-bond donors (Lipinski definition) is 1. The fraction of sp³-hybridized carbons (Fsp3) is 0.211. The molecule has 2 aromatic carbocycles. The predicted octanol–water partition coefficient (Wildman–Crippen LogP) is 3.14. The highest BCUT2D eigenvalue weighted by atomic mass is 35.5. The molecule has 3 aromatic rings. The molecule has 26 heavy (non-hydrogen) atoms. The number of nitrogens with zero attached hydrogens (tertiary/aromatic N) is 3. The van der Waals surface area contributed by atoms with Gasteiger partial charge in [-0.3, -0.25) is 14.2 Å². The van der Waals surface area contributed by atoms with Crippen molar-refractivity contribution in [2.45, 2.75) is 13.0 Å². The number of para-hydroxylation sites is 1. The Morgan fingerprint density at radius 1 is 1.23 bits per heavy atom. The number of hydrogen-bond acceptors (Lipinski definition) is 4. The lowest BCUT2D eigenvalue weighted by Crippen LogP contribution is -2.24. The van der Waals surface area contributed by atoms with Crippen LogP contribution in [-0.4, -0.2) is 29.6 Å². The van der Waals surface area contributed by atoms with E-state index < -0.39 is 0 Å². The maximum atomic E-state index is 12.5. The van der Waals surface area contributed by atoms with Crippen LogP contribution in [0.25, 0.3) is 10.9 Å². The molecular formula is C19H19ClN4O2. The van der Waals surface area contributed by atoms with E-state index in [1.54, 1.807) is 30.3 Å². The summed E-state index contributed by atoms with van der Waals surface area (Å²) in [6, 6.07) is 12.5. The normalized spacial score (nSPS) is 10.7. The molecule has 0 spiro atoms. The molecule has 0 aliphatic rings. The molecule has 134 valence electrons. The van der Waals surface area contributed by atoms with Crippen LogP contribution in [0.3, 0.4) is 0 Å². The van der Waals surface area contributed by atoms with Gasteiger partial charge in [0.1, 0.15) is 0 Å². The van der Waals surface area contributed by atoms with Gasteiger partial charge in [0, 0.05) is 32.1 Å². The first kappa shape index (κ1) is 17.9. The van der Waals surface area contributed by atoms with Crippen molar-refractivity contribution in [3.05, 3.63) is 64.2 Å². The molecule has 0 saturated carbocycles. The van der Waals surface area contributed by atoms with E-state index in [4.69, 9.17) is 11.6 Å². The van der Waals surface area contributed by atoms with Gasteiger partial charge in [0.2, 0.25) is 5.91 Å². The zero-order valence-electron chi connectivity index (χ0n) is 14.6. The number of nitrogens with one attached hydrogen (secondary N) is 1. The van der Waals surface area contributed by atoms with Crippen molar-refractivity contribution in [1.82, 2.24) is 9.55 Å². The summed E-state index contributed by atoms with van der Waals surface area (Å²) in [5, 5.41) is 3.94. The largest absolute Gasteiger partial charge is 0.376 e. The van der Waals surface area contributed by atoms with Gasteiger partial charge in [-0.25, -0.2) is 4.98 Å². The number of rotatable bonds is 5. The smallest absolute Gasteiger partial charge is 0.261 e. The number of amides is 1. The molecule has 0 radical (unpaired) electrons. The number of fused-ring (bicyclic) bond motifs is 1. The Hall–Kier alpha value is -2.86. The summed E-state index contributed by atoms with van der Waals surface area (Å²) in [4.78, 5) is 30.9. The first-order valence-electron chi connectivity index (χ1n) is 8.16. The van der Waals surface area contributed by atoms with Gasteiger partial charge >= 0.3 is 0 Å². The third-order valence-electron chi connectivity index (χ3n) is 4.03. The minimum Gasteiger partial charge on any atom is -0.376 e. The van der Waals surface area contributed by atoms with Crippen LogP contribution in [0.15, 0.2) is 53.6 Å². The van der Waals surface area contributed by atoms with Crippen molar-refractivity contribution in [2.24, 2.45) is 0 Å².